The average Bonchev–Trinajstić information content (AvgIpc) is 0.821. The Bertz CT molecular complexity index is 4680. The van der Waals surface area contributed by atoms with Crippen molar-refractivity contribution in [3.05, 3.63) is 76.9 Å². The van der Waals surface area contributed by atoms with E-state index in [0.717, 1.165) is 123 Å². The van der Waals surface area contributed by atoms with Crippen molar-refractivity contribution in [1.82, 2.24) is 60.4 Å². The molecule has 0 spiro atoms. The number of urea groups is 2. The van der Waals surface area contributed by atoms with Gasteiger partial charge >= 0.3 is 24.2 Å². The molecule has 130 heavy (non-hydrogen) atoms. The second-order valence-corrected chi connectivity index (χ2v) is 45.8. The first-order valence-corrected chi connectivity index (χ1v) is 50.7. The number of amides is 8. The fourth-order valence-corrected chi connectivity index (χ4v) is 18.9. The highest BCUT2D eigenvalue weighted by atomic mass is 35.5. The van der Waals surface area contributed by atoms with Crippen LogP contribution in [0.5, 0.6) is 0 Å². The third-order valence-electron chi connectivity index (χ3n) is 26.2. The van der Waals surface area contributed by atoms with Crippen LogP contribution in [0.4, 0.5) is 48.3 Å². The number of nitrogens with one attached hydrogen (secondary N) is 8. The molecule has 0 radical (unpaired) electrons. The first-order chi connectivity index (χ1) is 61.1. The Labute approximate surface area is 778 Å². The minimum Gasteiger partial charge on any atom is -0.444 e. The number of pyridine rings is 4. The van der Waals surface area contributed by atoms with Crippen molar-refractivity contribution in [3.63, 3.8) is 0 Å². The number of nitrogens with zero attached hydrogens (tertiary/aromatic N) is 9. The van der Waals surface area contributed by atoms with Gasteiger partial charge in [0.05, 0.1) is 11.1 Å². The lowest BCUT2D eigenvalue weighted by Crippen LogP contribution is -2.41. The van der Waals surface area contributed by atoms with E-state index >= 15 is 0 Å². The third kappa shape index (κ3) is 34.5. The SMILES string of the molecule is CC(C)(C)OC(=O)NCCN.CC1(C)C[C@@H]2CCCNc3cccc(n3)S(=O)(=O)NC(=O)c3ccc(Cl)nc3N1C2.CC1(CCC=O)CC1.CC1(CCCN2CCN(c3ccc4c(n3)N3C[C@@H](CCCNc5cccc(n5)S(=O)(=O)NC4=O)CC3(C)C)C2=O)CC1.CC1(CCCN2CCNC2=O)CC1.CC1(CCCNCCNC(=O)OC(C)(C)C)CC1.CC1(CCCO)CC1. The fraction of sp³-hybridized carbons (Fsp3) is 0.716. The Balaban J connectivity index is 0.000000188. The Morgan fingerprint density at radius 3 is 1.43 bits per heavy atom. The van der Waals surface area contributed by atoms with Gasteiger partial charge in [-0.05, 0) is 324 Å². The first kappa shape index (κ1) is 105. The lowest BCUT2D eigenvalue weighted by molar-refractivity contribution is -0.108. The Morgan fingerprint density at radius 2 is 0.985 bits per heavy atom. The number of fused-ring (bicyclic) bond motifs is 12. The second kappa shape index (κ2) is 46.0. The highest BCUT2D eigenvalue weighted by Gasteiger charge is 2.46. The zero-order valence-corrected chi connectivity index (χ0v) is 82.6. The van der Waals surface area contributed by atoms with Crippen LogP contribution in [0.1, 0.15) is 292 Å². The number of hydrogen-bond donors (Lipinski definition) is 10. The van der Waals surface area contributed by atoms with Crippen LogP contribution in [0.3, 0.4) is 0 Å². The van der Waals surface area contributed by atoms with Crippen molar-refractivity contribution < 1.29 is 65.0 Å². The number of halogens is 1. The van der Waals surface area contributed by atoms with Crippen molar-refractivity contribution in [2.24, 2.45) is 44.6 Å². The van der Waals surface area contributed by atoms with E-state index in [1.807, 2.05) is 51.3 Å². The molecule has 15 rings (SSSR count). The first-order valence-electron chi connectivity index (χ1n) is 47.4. The van der Waals surface area contributed by atoms with Gasteiger partial charge in [0, 0.05) is 116 Å². The standard InChI is InChI=1S/C30H41N7O4S.C20H24ClN5O3S.C14H28N2O2.C10H18N2O.C7H16N2O2.C7H14O.C7H12O/c1-29(2)19-21-7-5-15-31-23-8-4-9-25(32-23)42(40,41)34-27(38)22-10-11-24(33-26(22)37(29)20-21)36-18-17-35(28(36)39)16-6-12-30(3)13-14-30;1-20(2)11-13-5-4-10-22-16-6-3-7-17(24-16)30(28,29)25-19(27)14-8-9-15(21)23-18(14)26(20)12-13;1-13(2,3)18-12(17)16-11-10-15-9-5-6-14(4)7-8-14;1-10(4-5-10)3-2-7-12-8-6-11-9(12)13;1-7(2,3)11-6(10)9-5-4-8;2*1-7(4-5-7)3-2-6-8/h4,8-11,21H,5-7,12-20H2,1-3H3,(H,31,32)(H,34,38);3,6-9,13H,4-5,10-12H2,1-2H3,(H,22,24)(H,25,27);15H,5-11H2,1-4H3,(H,16,17);2-8H2,1H3,(H,11,13);4-5,8H2,1-3H3,(H,9,10);8H,2-6H2,1H3;6H,2-5H2,1H3/t21-;13-;;;;;/m00...../s1. The number of alkyl carbamates (subject to hydrolysis) is 2. The predicted molar refractivity (Wildman–Crippen MR) is 511 cm³/mol. The highest BCUT2D eigenvalue weighted by molar-refractivity contribution is 7.90. The van der Waals surface area contributed by atoms with Crippen molar-refractivity contribution in [2.75, 3.05) is 130 Å². The number of carbonyl (C=O) groups is 7. The van der Waals surface area contributed by atoms with Crippen LogP contribution in [0.25, 0.3) is 0 Å². The molecule has 726 valence electrons. The van der Waals surface area contributed by atoms with E-state index in [0.29, 0.717) is 127 Å². The summed E-state index contributed by atoms with van der Waals surface area (Å²) in [5.74, 6) is 1.44. The summed E-state index contributed by atoms with van der Waals surface area (Å²) in [5, 5.41) is 26.0. The van der Waals surface area contributed by atoms with Crippen molar-refractivity contribution >= 4 is 103 Å². The molecule has 0 aromatic carbocycles. The molecule has 11 aliphatic rings. The minimum atomic E-state index is -4.24. The molecule has 35 heteroatoms. The van der Waals surface area contributed by atoms with Crippen LogP contribution in [0, 0.1) is 38.9 Å². The molecule has 8 bridgehead atoms. The molecule has 8 amide bonds. The van der Waals surface area contributed by atoms with Crippen LogP contribution in [0.2, 0.25) is 5.15 Å². The molecule has 32 nitrogen and oxygen atoms in total. The molecule has 6 aliphatic heterocycles. The van der Waals surface area contributed by atoms with Gasteiger partial charge in [0.1, 0.15) is 51.7 Å². The molecule has 4 aromatic rings. The third-order valence-corrected chi connectivity index (χ3v) is 28.9. The van der Waals surface area contributed by atoms with E-state index in [1.165, 1.54) is 121 Å². The van der Waals surface area contributed by atoms with E-state index in [9.17, 15) is 50.4 Å². The normalized spacial score (nSPS) is 21.8. The zero-order chi connectivity index (χ0) is 95.2. The number of aliphatic hydroxyl groups excluding tert-OH is 1. The lowest BCUT2D eigenvalue weighted by atomic mass is 9.93. The maximum Gasteiger partial charge on any atom is 0.407 e. The lowest BCUT2D eigenvalue weighted by Gasteiger charge is -2.34. The molecule has 9 fully saturated rings. The second-order valence-electron chi connectivity index (χ2n) is 42.2. The van der Waals surface area contributed by atoms with Gasteiger partial charge in [-0.1, -0.05) is 58.4 Å². The summed E-state index contributed by atoms with van der Waals surface area (Å²) >= 11 is 6.14. The number of sulfonamides is 2. The van der Waals surface area contributed by atoms with E-state index in [-0.39, 0.29) is 55.6 Å². The van der Waals surface area contributed by atoms with Gasteiger partial charge in [0.25, 0.3) is 31.9 Å². The Hall–Kier alpha value is -8.44. The summed E-state index contributed by atoms with van der Waals surface area (Å²) < 4.78 is 66.4. The van der Waals surface area contributed by atoms with E-state index in [4.69, 9.17) is 36.9 Å². The van der Waals surface area contributed by atoms with Crippen LogP contribution in [-0.2, 0) is 34.3 Å². The van der Waals surface area contributed by atoms with E-state index in [1.54, 1.807) is 41.3 Å². The molecule has 4 aromatic heterocycles. The number of aliphatic hydroxyl groups is 1. The molecular weight excluding hydrogens is 1720 g/mol. The van der Waals surface area contributed by atoms with Crippen molar-refractivity contribution in [3.8, 4) is 0 Å². The molecule has 5 saturated carbocycles. The summed E-state index contributed by atoms with van der Waals surface area (Å²) in [6.45, 7) is 42.0. The van der Waals surface area contributed by atoms with Crippen molar-refractivity contribution in [1.29, 1.82) is 0 Å². The summed E-state index contributed by atoms with van der Waals surface area (Å²) in [5.41, 5.74) is 7.03. The van der Waals surface area contributed by atoms with E-state index < -0.39 is 49.2 Å². The van der Waals surface area contributed by atoms with Gasteiger partial charge in [-0.25, -0.2) is 48.6 Å². The Morgan fingerprint density at radius 1 is 0.538 bits per heavy atom. The molecule has 5 aliphatic carbocycles. The summed E-state index contributed by atoms with van der Waals surface area (Å²) in [6, 6.07) is 15.6. The Kier molecular flexibility index (Phi) is 37.2. The molecule has 2 atom stereocenters. The van der Waals surface area contributed by atoms with Crippen LogP contribution in [-0.4, -0.2) is 221 Å². The fourth-order valence-electron chi connectivity index (χ4n) is 16.9. The number of ether oxygens (including phenoxy) is 2. The van der Waals surface area contributed by atoms with Crippen LogP contribution >= 0.6 is 11.6 Å². The number of aldehydes is 1. The van der Waals surface area contributed by atoms with Gasteiger partial charge in [-0.15, -0.1) is 0 Å². The molecular formula is C95H153ClN18O14S2. The largest absolute Gasteiger partial charge is 0.444 e. The number of aromatic nitrogens is 4. The van der Waals surface area contributed by atoms with Gasteiger partial charge < -0.3 is 76.6 Å². The number of carbonyl (C=O) groups excluding carboxylic acids is 7. The van der Waals surface area contributed by atoms with Gasteiger partial charge in [0.15, 0.2) is 10.1 Å². The number of anilines is 5. The van der Waals surface area contributed by atoms with Gasteiger partial charge in [-0.3, -0.25) is 14.5 Å². The molecule has 11 N–H and O–H groups in total. The van der Waals surface area contributed by atoms with E-state index in [2.05, 4.69) is 128 Å². The zero-order valence-electron chi connectivity index (χ0n) is 80.3. The van der Waals surface area contributed by atoms with Crippen LogP contribution < -0.4 is 61.8 Å². The number of hydrogen-bond acceptors (Lipinski definition) is 24. The van der Waals surface area contributed by atoms with Gasteiger partial charge in [0.2, 0.25) is 0 Å². The number of rotatable bonds is 24. The summed E-state index contributed by atoms with van der Waals surface area (Å²) in [6.07, 6.45) is 30.6. The molecule has 4 saturated heterocycles. The summed E-state index contributed by atoms with van der Waals surface area (Å²) in [4.78, 5) is 111. The topological polar surface area (TPSA) is 416 Å². The minimum absolute atomic E-state index is 0.0791. The van der Waals surface area contributed by atoms with Gasteiger partial charge in [-0.2, -0.15) is 16.8 Å². The number of nitrogens with two attached hydrogens (primary N) is 1. The quantitative estimate of drug-likeness (QED) is 0.0177. The van der Waals surface area contributed by atoms with Crippen molar-refractivity contribution in [2.45, 2.75) is 303 Å². The maximum absolute atomic E-state index is 13.6. The highest BCUT2D eigenvalue weighted by Crippen LogP contribution is 2.52. The average molecular weight is 1870 g/mol. The molecule has 10 heterocycles. The predicted octanol–water partition coefficient (Wildman–Crippen LogP) is 15.4. The van der Waals surface area contributed by atoms with Crippen LogP contribution in [0.15, 0.2) is 70.7 Å². The smallest absolute Gasteiger partial charge is 0.407 e. The monoisotopic (exact) mass is 1870 g/mol. The maximum atomic E-state index is 13.6. The molecule has 0 unspecified atom stereocenters. The summed E-state index contributed by atoms with van der Waals surface area (Å²) in [7, 11) is -8.39.